The molecule has 32 heavy (non-hydrogen) atoms. The molecule has 3 aromatic carbocycles. The van der Waals surface area contributed by atoms with Crippen LogP contribution in [-0.2, 0) is 14.8 Å². The number of anilines is 1. The number of sulfonamides is 1. The summed E-state index contributed by atoms with van der Waals surface area (Å²) < 4.78 is 34.3. The first-order valence-corrected chi connectivity index (χ1v) is 12.4. The summed E-state index contributed by atoms with van der Waals surface area (Å²) >= 11 is 9.25. The van der Waals surface area contributed by atoms with E-state index in [0.717, 1.165) is 10.0 Å². The van der Waals surface area contributed by atoms with Gasteiger partial charge in [0, 0.05) is 15.2 Å². The standard InChI is InChI=1S/C23H22BrClN2O4S/c1-15-12-21(32(29,30)27-20-8-6-19(25)7-9-20)10-11-22(15)31-14-23(28)26-16(2)17-4-3-5-18(24)13-17/h3-13,16,27H,14H2,1-2H3,(H,26,28)/t16-/m0/s1. The number of ether oxygens (including phenoxy) is 1. The Morgan fingerprint density at radius 2 is 1.81 bits per heavy atom. The lowest BCUT2D eigenvalue weighted by Gasteiger charge is -2.16. The molecule has 0 fully saturated rings. The lowest BCUT2D eigenvalue weighted by atomic mass is 10.1. The van der Waals surface area contributed by atoms with Crippen LogP contribution in [0.25, 0.3) is 0 Å². The molecule has 0 heterocycles. The van der Waals surface area contributed by atoms with Crippen LogP contribution in [0.5, 0.6) is 5.75 Å². The van der Waals surface area contributed by atoms with Crippen molar-refractivity contribution in [3.8, 4) is 5.75 Å². The van der Waals surface area contributed by atoms with Crippen molar-refractivity contribution in [2.45, 2.75) is 24.8 Å². The Morgan fingerprint density at radius 1 is 1.09 bits per heavy atom. The minimum atomic E-state index is -3.78. The van der Waals surface area contributed by atoms with Gasteiger partial charge in [-0.25, -0.2) is 8.42 Å². The zero-order valence-electron chi connectivity index (χ0n) is 17.4. The number of hydrogen-bond donors (Lipinski definition) is 2. The van der Waals surface area contributed by atoms with Gasteiger partial charge in [-0.1, -0.05) is 39.7 Å². The van der Waals surface area contributed by atoms with Gasteiger partial charge in [0.15, 0.2) is 6.61 Å². The molecule has 0 unspecified atom stereocenters. The number of nitrogens with one attached hydrogen (secondary N) is 2. The van der Waals surface area contributed by atoms with Gasteiger partial charge in [-0.2, -0.15) is 0 Å². The minimum absolute atomic E-state index is 0.0880. The highest BCUT2D eigenvalue weighted by atomic mass is 79.9. The predicted molar refractivity (Wildman–Crippen MR) is 130 cm³/mol. The number of aryl methyl sites for hydroxylation is 1. The molecule has 1 amide bonds. The van der Waals surface area contributed by atoms with E-state index < -0.39 is 10.0 Å². The molecule has 1 atom stereocenters. The fourth-order valence-electron chi connectivity index (χ4n) is 2.97. The van der Waals surface area contributed by atoms with Gasteiger partial charge >= 0.3 is 0 Å². The van der Waals surface area contributed by atoms with Gasteiger partial charge in [-0.3, -0.25) is 9.52 Å². The molecule has 3 aromatic rings. The van der Waals surface area contributed by atoms with Gasteiger partial charge in [-0.15, -0.1) is 0 Å². The van der Waals surface area contributed by atoms with Crippen molar-refractivity contribution in [3.05, 3.63) is 87.4 Å². The second kappa shape index (κ2) is 10.4. The summed E-state index contributed by atoms with van der Waals surface area (Å²) in [6, 6.07) is 18.3. The van der Waals surface area contributed by atoms with Crippen LogP contribution in [0.2, 0.25) is 5.02 Å². The Bertz CT molecular complexity index is 1220. The number of amides is 1. The van der Waals surface area contributed by atoms with Crippen LogP contribution >= 0.6 is 27.5 Å². The number of rotatable bonds is 8. The molecule has 2 N–H and O–H groups in total. The molecule has 0 aliphatic heterocycles. The molecule has 0 radical (unpaired) electrons. The lowest BCUT2D eigenvalue weighted by Crippen LogP contribution is -2.31. The van der Waals surface area contributed by atoms with Crippen molar-refractivity contribution >= 4 is 49.1 Å². The number of halogens is 2. The SMILES string of the molecule is Cc1cc(S(=O)(=O)Nc2ccc(Cl)cc2)ccc1OCC(=O)N[C@@H](C)c1cccc(Br)c1. The lowest BCUT2D eigenvalue weighted by molar-refractivity contribution is -0.123. The van der Waals surface area contributed by atoms with Crippen LogP contribution in [0.4, 0.5) is 5.69 Å². The van der Waals surface area contributed by atoms with Crippen LogP contribution in [0.1, 0.15) is 24.1 Å². The first-order chi connectivity index (χ1) is 15.1. The van der Waals surface area contributed by atoms with Crippen molar-refractivity contribution < 1.29 is 17.9 Å². The second-order valence-electron chi connectivity index (χ2n) is 7.17. The molecule has 0 aromatic heterocycles. The minimum Gasteiger partial charge on any atom is -0.484 e. The second-order valence-corrected chi connectivity index (χ2v) is 10.2. The van der Waals surface area contributed by atoms with E-state index in [1.165, 1.54) is 18.2 Å². The topological polar surface area (TPSA) is 84.5 Å². The quantitative estimate of drug-likeness (QED) is 0.399. The average molecular weight is 538 g/mol. The van der Waals surface area contributed by atoms with Gasteiger partial charge in [0.1, 0.15) is 5.75 Å². The smallest absolute Gasteiger partial charge is 0.261 e. The molecule has 0 aliphatic carbocycles. The maximum atomic E-state index is 12.6. The van der Waals surface area contributed by atoms with E-state index in [2.05, 4.69) is 26.0 Å². The van der Waals surface area contributed by atoms with Gasteiger partial charge in [0.25, 0.3) is 15.9 Å². The van der Waals surface area contributed by atoms with Gasteiger partial charge in [-0.05, 0) is 79.6 Å². The van der Waals surface area contributed by atoms with E-state index in [4.69, 9.17) is 16.3 Å². The third-order valence-corrected chi connectivity index (χ3v) is 6.76. The first-order valence-electron chi connectivity index (χ1n) is 9.71. The maximum absolute atomic E-state index is 12.6. The van der Waals surface area contributed by atoms with Gasteiger partial charge in [0.05, 0.1) is 10.9 Å². The average Bonchev–Trinajstić information content (AvgIpc) is 2.74. The summed E-state index contributed by atoms with van der Waals surface area (Å²) in [4.78, 5) is 12.4. The molecule has 0 aliphatic rings. The van der Waals surface area contributed by atoms with Crippen LogP contribution < -0.4 is 14.8 Å². The molecule has 0 saturated carbocycles. The molecule has 9 heteroatoms. The monoisotopic (exact) mass is 536 g/mol. The summed E-state index contributed by atoms with van der Waals surface area (Å²) in [6.07, 6.45) is 0. The highest BCUT2D eigenvalue weighted by Crippen LogP contribution is 2.24. The van der Waals surface area contributed by atoms with Crippen LogP contribution in [0.15, 0.2) is 76.1 Å². The Balaban J connectivity index is 1.61. The maximum Gasteiger partial charge on any atom is 0.261 e. The zero-order chi connectivity index (χ0) is 23.3. The Kier molecular flexibility index (Phi) is 7.82. The van der Waals surface area contributed by atoms with E-state index in [1.54, 1.807) is 31.2 Å². The van der Waals surface area contributed by atoms with E-state index in [1.807, 2.05) is 31.2 Å². The molecule has 168 valence electrons. The van der Waals surface area contributed by atoms with Crippen molar-refractivity contribution in [3.63, 3.8) is 0 Å². The molecular formula is C23H22BrClN2O4S. The predicted octanol–water partition coefficient (Wildman–Crippen LogP) is 5.47. The highest BCUT2D eigenvalue weighted by molar-refractivity contribution is 9.10. The number of benzene rings is 3. The molecule has 0 bridgehead atoms. The van der Waals surface area contributed by atoms with E-state index >= 15 is 0 Å². The summed E-state index contributed by atoms with van der Waals surface area (Å²) in [5, 5.41) is 3.39. The highest BCUT2D eigenvalue weighted by Gasteiger charge is 2.17. The Morgan fingerprint density at radius 3 is 2.47 bits per heavy atom. The number of hydrogen-bond acceptors (Lipinski definition) is 4. The molecule has 0 saturated heterocycles. The van der Waals surface area contributed by atoms with Crippen LogP contribution in [0.3, 0.4) is 0 Å². The summed E-state index contributed by atoms with van der Waals surface area (Å²) in [7, 11) is -3.78. The Hall–Kier alpha value is -2.55. The fourth-order valence-corrected chi connectivity index (χ4v) is 4.66. The normalized spacial score (nSPS) is 12.1. The van der Waals surface area contributed by atoms with Crippen molar-refractivity contribution in [1.82, 2.24) is 5.32 Å². The van der Waals surface area contributed by atoms with Crippen molar-refractivity contribution in [2.75, 3.05) is 11.3 Å². The fraction of sp³-hybridized carbons (Fsp3) is 0.174. The third kappa shape index (κ3) is 6.48. The van der Waals surface area contributed by atoms with E-state index in [9.17, 15) is 13.2 Å². The van der Waals surface area contributed by atoms with Crippen LogP contribution in [0, 0.1) is 6.92 Å². The summed E-state index contributed by atoms with van der Waals surface area (Å²) in [6.45, 7) is 3.42. The van der Waals surface area contributed by atoms with Crippen molar-refractivity contribution in [1.29, 1.82) is 0 Å². The molecule has 3 rings (SSSR count). The number of carbonyl (C=O) groups excluding carboxylic acids is 1. The third-order valence-electron chi connectivity index (χ3n) is 4.64. The van der Waals surface area contributed by atoms with E-state index in [-0.39, 0.29) is 23.5 Å². The molecular weight excluding hydrogens is 516 g/mol. The summed E-state index contributed by atoms with van der Waals surface area (Å²) in [5.74, 6) is 0.152. The number of carbonyl (C=O) groups is 1. The van der Waals surface area contributed by atoms with Crippen molar-refractivity contribution in [2.24, 2.45) is 0 Å². The zero-order valence-corrected chi connectivity index (χ0v) is 20.6. The van der Waals surface area contributed by atoms with E-state index in [0.29, 0.717) is 22.0 Å². The largest absolute Gasteiger partial charge is 0.484 e. The molecule has 6 nitrogen and oxygen atoms in total. The Labute approximate surface area is 201 Å². The van der Waals surface area contributed by atoms with Crippen LogP contribution in [-0.4, -0.2) is 20.9 Å². The van der Waals surface area contributed by atoms with Gasteiger partial charge in [0.2, 0.25) is 0 Å². The summed E-state index contributed by atoms with van der Waals surface area (Å²) in [5.41, 5.74) is 1.96. The first kappa shape index (κ1) is 24.1. The molecule has 0 spiro atoms. The van der Waals surface area contributed by atoms with Gasteiger partial charge < -0.3 is 10.1 Å².